The maximum atomic E-state index is 12.6. The van der Waals surface area contributed by atoms with Gasteiger partial charge in [-0.2, -0.15) is 0 Å². The second-order valence-corrected chi connectivity index (χ2v) is 7.65. The quantitative estimate of drug-likeness (QED) is 0.658. The van der Waals surface area contributed by atoms with Gasteiger partial charge in [-0.15, -0.1) is 11.3 Å². The van der Waals surface area contributed by atoms with Gasteiger partial charge in [-0.1, -0.05) is 6.07 Å². The molecule has 3 rings (SSSR count). The van der Waals surface area contributed by atoms with Gasteiger partial charge in [0.25, 0.3) is 5.56 Å². The predicted molar refractivity (Wildman–Crippen MR) is 110 cm³/mol. The first-order valence-corrected chi connectivity index (χ1v) is 9.69. The van der Waals surface area contributed by atoms with E-state index in [4.69, 9.17) is 9.47 Å². The van der Waals surface area contributed by atoms with Crippen molar-refractivity contribution in [2.24, 2.45) is 0 Å². The first-order valence-electron chi connectivity index (χ1n) is 8.88. The second-order valence-electron chi connectivity index (χ2n) is 6.42. The molecule has 1 amide bonds. The van der Waals surface area contributed by atoms with Gasteiger partial charge < -0.3 is 14.8 Å². The number of nitrogens with one attached hydrogen (secondary N) is 1. The molecule has 28 heavy (non-hydrogen) atoms. The number of fused-ring (bicyclic) bond motifs is 1. The van der Waals surface area contributed by atoms with Gasteiger partial charge in [0.05, 0.1) is 19.6 Å². The van der Waals surface area contributed by atoms with Gasteiger partial charge in [-0.3, -0.25) is 14.2 Å². The molecule has 0 saturated heterocycles. The maximum absolute atomic E-state index is 12.6. The van der Waals surface area contributed by atoms with E-state index in [-0.39, 0.29) is 18.0 Å². The lowest BCUT2D eigenvalue weighted by molar-refractivity contribution is -0.121. The van der Waals surface area contributed by atoms with E-state index < -0.39 is 0 Å². The molecule has 1 aromatic carbocycles. The van der Waals surface area contributed by atoms with Crippen molar-refractivity contribution in [3.8, 4) is 11.5 Å². The Balaban J connectivity index is 1.64. The Bertz CT molecular complexity index is 1070. The number of carbonyl (C=O) groups is 1. The standard InChI is InChI=1S/C20H23N3O4S/c1-12-9-15-19(28-12)22-13(2)23(20(15)25)11-18(24)21-8-7-14-5-6-16(26-3)17(10-14)27-4/h5-6,9-10H,7-8,11H2,1-4H3,(H,21,24). The molecule has 0 aliphatic rings. The minimum absolute atomic E-state index is 0.0472. The number of aryl methyl sites for hydroxylation is 2. The van der Waals surface area contributed by atoms with Crippen LogP contribution in [0.1, 0.15) is 16.3 Å². The lowest BCUT2D eigenvalue weighted by Gasteiger charge is -2.11. The number of ether oxygens (including phenoxy) is 2. The Hall–Kier alpha value is -2.87. The summed E-state index contributed by atoms with van der Waals surface area (Å²) in [7, 11) is 3.18. The van der Waals surface area contributed by atoms with Crippen molar-refractivity contribution in [1.82, 2.24) is 14.9 Å². The largest absolute Gasteiger partial charge is 0.493 e. The van der Waals surface area contributed by atoms with E-state index in [9.17, 15) is 9.59 Å². The number of hydrogen-bond donors (Lipinski definition) is 1. The number of thiophene rings is 1. The van der Waals surface area contributed by atoms with Gasteiger partial charge in [0.1, 0.15) is 17.2 Å². The molecule has 7 nitrogen and oxygen atoms in total. The van der Waals surface area contributed by atoms with E-state index in [1.165, 1.54) is 15.9 Å². The molecule has 0 radical (unpaired) electrons. The Morgan fingerprint density at radius 1 is 1.18 bits per heavy atom. The van der Waals surface area contributed by atoms with Gasteiger partial charge >= 0.3 is 0 Å². The molecule has 2 aromatic heterocycles. The molecule has 2 heterocycles. The highest BCUT2D eigenvalue weighted by atomic mass is 32.1. The number of carbonyl (C=O) groups excluding carboxylic acids is 1. The van der Waals surface area contributed by atoms with Crippen LogP contribution in [0, 0.1) is 13.8 Å². The molecule has 0 aliphatic heterocycles. The van der Waals surface area contributed by atoms with E-state index in [2.05, 4.69) is 10.3 Å². The zero-order chi connectivity index (χ0) is 20.3. The van der Waals surface area contributed by atoms with Crippen molar-refractivity contribution in [3.05, 3.63) is 50.9 Å². The summed E-state index contributed by atoms with van der Waals surface area (Å²) in [5.41, 5.74) is 0.838. The molecule has 0 bridgehead atoms. The molecule has 0 saturated carbocycles. The predicted octanol–water partition coefficient (Wildman–Crippen LogP) is 2.45. The highest BCUT2D eigenvalue weighted by molar-refractivity contribution is 7.18. The third kappa shape index (κ3) is 4.17. The molecule has 8 heteroatoms. The summed E-state index contributed by atoms with van der Waals surface area (Å²) in [4.78, 5) is 31.2. The number of rotatable bonds is 7. The molecule has 0 atom stereocenters. The van der Waals surface area contributed by atoms with Crippen molar-refractivity contribution < 1.29 is 14.3 Å². The number of amides is 1. The molecule has 0 aliphatic carbocycles. The lowest BCUT2D eigenvalue weighted by atomic mass is 10.1. The third-order valence-electron chi connectivity index (χ3n) is 4.45. The normalized spacial score (nSPS) is 10.9. The number of aromatic nitrogens is 2. The summed E-state index contributed by atoms with van der Waals surface area (Å²) in [5, 5.41) is 3.42. The smallest absolute Gasteiger partial charge is 0.262 e. The molecular weight excluding hydrogens is 378 g/mol. The zero-order valence-electron chi connectivity index (χ0n) is 16.4. The molecule has 1 N–H and O–H groups in total. The van der Waals surface area contributed by atoms with Gasteiger partial charge in [0.2, 0.25) is 5.91 Å². The Morgan fingerprint density at radius 2 is 1.93 bits per heavy atom. The van der Waals surface area contributed by atoms with Crippen molar-refractivity contribution in [2.75, 3.05) is 20.8 Å². The van der Waals surface area contributed by atoms with Crippen molar-refractivity contribution in [3.63, 3.8) is 0 Å². The highest BCUT2D eigenvalue weighted by Crippen LogP contribution is 2.27. The summed E-state index contributed by atoms with van der Waals surface area (Å²) in [6.07, 6.45) is 0.640. The van der Waals surface area contributed by atoms with E-state index in [1.807, 2.05) is 31.2 Å². The van der Waals surface area contributed by atoms with E-state index in [1.54, 1.807) is 21.1 Å². The van der Waals surface area contributed by atoms with Gasteiger partial charge in [0.15, 0.2) is 11.5 Å². The first kappa shape index (κ1) is 19.9. The molecule has 148 valence electrons. The van der Waals surface area contributed by atoms with Gasteiger partial charge in [-0.25, -0.2) is 4.98 Å². The van der Waals surface area contributed by atoms with E-state index >= 15 is 0 Å². The summed E-state index contributed by atoms with van der Waals surface area (Å²) >= 11 is 1.48. The van der Waals surface area contributed by atoms with Crippen LogP contribution < -0.4 is 20.3 Å². The minimum atomic E-state index is -0.223. The van der Waals surface area contributed by atoms with Gasteiger partial charge in [0, 0.05) is 11.4 Å². The van der Waals surface area contributed by atoms with Crippen LogP contribution in [-0.2, 0) is 17.8 Å². The van der Waals surface area contributed by atoms with Crippen LogP contribution in [0.4, 0.5) is 0 Å². The third-order valence-corrected chi connectivity index (χ3v) is 5.40. The van der Waals surface area contributed by atoms with Crippen molar-refractivity contribution >= 4 is 27.5 Å². The maximum Gasteiger partial charge on any atom is 0.262 e. The fourth-order valence-electron chi connectivity index (χ4n) is 3.01. The Morgan fingerprint density at radius 3 is 2.64 bits per heavy atom. The summed E-state index contributed by atoms with van der Waals surface area (Å²) < 4.78 is 11.9. The van der Waals surface area contributed by atoms with Crippen molar-refractivity contribution in [2.45, 2.75) is 26.8 Å². The summed E-state index contributed by atoms with van der Waals surface area (Å²) in [5.74, 6) is 1.63. The monoisotopic (exact) mass is 401 g/mol. The van der Waals surface area contributed by atoms with Crippen LogP contribution in [-0.4, -0.2) is 36.2 Å². The lowest BCUT2D eigenvalue weighted by Crippen LogP contribution is -2.34. The van der Waals surface area contributed by atoms with Crippen LogP contribution in [0.25, 0.3) is 10.2 Å². The SMILES string of the molecule is COc1ccc(CCNC(=O)Cn2c(C)nc3sc(C)cc3c2=O)cc1OC. The zero-order valence-corrected chi connectivity index (χ0v) is 17.2. The average molecular weight is 401 g/mol. The number of benzene rings is 1. The number of nitrogens with zero attached hydrogens (tertiary/aromatic N) is 2. The fourth-order valence-corrected chi connectivity index (χ4v) is 3.92. The molecule has 0 spiro atoms. The van der Waals surface area contributed by atoms with Crippen LogP contribution in [0.3, 0.4) is 0 Å². The summed E-state index contributed by atoms with van der Waals surface area (Å²) in [6.45, 7) is 4.09. The van der Waals surface area contributed by atoms with E-state index in [0.29, 0.717) is 40.5 Å². The van der Waals surface area contributed by atoms with Crippen LogP contribution >= 0.6 is 11.3 Å². The number of methoxy groups -OCH3 is 2. The van der Waals surface area contributed by atoms with Crippen LogP contribution in [0.2, 0.25) is 0 Å². The Labute approximate surface area is 166 Å². The molecular formula is C20H23N3O4S. The minimum Gasteiger partial charge on any atom is -0.493 e. The highest BCUT2D eigenvalue weighted by Gasteiger charge is 2.13. The van der Waals surface area contributed by atoms with Crippen molar-refractivity contribution in [1.29, 1.82) is 0 Å². The number of hydrogen-bond acceptors (Lipinski definition) is 6. The summed E-state index contributed by atoms with van der Waals surface area (Å²) in [6, 6.07) is 7.47. The van der Waals surface area contributed by atoms with Gasteiger partial charge in [-0.05, 0) is 44.0 Å². The Kier molecular flexibility index (Phi) is 5.99. The first-order chi connectivity index (χ1) is 13.4. The van der Waals surface area contributed by atoms with Crippen LogP contribution in [0.15, 0.2) is 29.1 Å². The molecule has 3 aromatic rings. The van der Waals surface area contributed by atoms with Crippen LogP contribution in [0.5, 0.6) is 11.5 Å². The molecule has 0 unspecified atom stereocenters. The topological polar surface area (TPSA) is 82.5 Å². The average Bonchev–Trinajstić information content (AvgIpc) is 3.05. The second kappa shape index (κ2) is 8.43. The fraction of sp³-hybridized carbons (Fsp3) is 0.350. The molecule has 0 fully saturated rings. The van der Waals surface area contributed by atoms with E-state index in [0.717, 1.165) is 10.4 Å².